The molecule has 0 saturated heterocycles. The molecule has 0 bridgehead atoms. The standard InChI is InChI=1S/C13H7ClN4O6/c14-8-1-3-9(4-2-8)15-7-11-12(17(21)22)5-10(16(19)20)6-13(11)18(23)24/h1-7H. The molecule has 0 heterocycles. The minimum Gasteiger partial charge on any atom is -0.258 e. The summed E-state index contributed by atoms with van der Waals surface area (Å²) in [5, 5.41) is 33.5. The first-order valence-electron chi connectivity index (χ1n) is 6.20. The third-order valence-electron chi connectivity index (χ3n) is 2.89. The fraction of sp³-hybridized carbons (Fsp3) is 0. The van der Waals surface area contributed by atoms with Crippen molar-refractivity contribution in [3.8, 4) is 0 Å². The average molecular weight is 351 g/mol. The Hall–Kier alpha value is -3.40. The molecule has 11 heteroatoms. The van der Waals surface area contributed by atoms with Gasteiger partial charge in [-0.3, -0.25) is 35.3 Å². The molecule has 0 radical (unpaired) electrons. The number of nitrogens with zero attached hydrogens (tertiary/aromatic N) is 4. The predicted octanol–water partition coefficient (Wildman–Crippen LogP) is 3.82. The van der Waals surface area contributed by atoms with E-state index in [0.29, 0.717) is 22.8 Å². The number of halogens is 1. The third-order valence-corrected chi connectivity index (χ3v) is 3.15. The van der Waals surface area contributed by atoms with Crippen LogP contribution in [0, 0.1) is 30.3 Å². The molecule has 0 amide bonds. The Balaban J connectivity index is 2.61. The van der Waals surface area contributed by atoms with Crippen LogP contribution in [0.1, 0.15) is 5.56 Å². The van der Waals surface area contributed by atoms with E-state index in [9.17, 15) is 30.3 Å². The SMILES string of the molecule is O=[N+]([O-])c1cc([N+](=O)[O-])c(C=Nc2ccc(Cl)cc2)c([N+](=O)[O-])c1. The third kappa shape index (κ3) is 3.67. The summed E-state index contributed by atoms with van der Waals surface area (Å²) in [7, 11) is 0. The molecular formula is C13H7ClN4O6. The summed E-state index contributed by atoms with van der Waals surface area (Å²) in [6.45, 7) is 0. The van der Waals surface area contributed by atoms with Crippen LogP contribution in [0.25, 0.3) is 0 Å². The van der Waals surface area contributed by atoms with Gasteiger partial charge in [0.25, 0.3) is 17.1 Å². The highest BCUT2D eigenvalue weighted by atomic mass is 35.5. The Bertz CT molecular complexity index is 830. The number of nitro benzene ring substituents is 3. The van der Waals surface area contributed by atoms with Crippen LogP contribution in [0.5, 0.6) is 0 Å². The summed E-state index contributed by atoms with van der Waals surface area (Å²) in [6.07, 6.45) is 0.920. The lowest BCUT2D eigenvalue weighted by Gasteiger charge is -2.00. The van der Waals surface area contributed by atoms with Gasteiger partial charge in [-0.05, 0) is 24.3 Å². The molecule has 2 aromatic rings. The molecule has 2 rings (SSSR count). The second-order valence-electron chi connectivity index (χ2n) is 4.40. The van der Waals surface area contributed by atoms with Crippen LogP contribution in [-0.4, -0.2) is 21.0 Å². The zero-order valence-electron chi connectivity index (χ0n) is 11.7. The van der Waals surface area contributed by atoms with Crippen LogP contribution in [-0.2, 0) is 0 Å². The van der Waals surface area contributed by atoms with E-state index in [0.717, 1.165) is 6.21 Å². The van der Waals surface area contributed by atoms with E-state index in [1.807, 2.05) is 0 Å². The van der Waals surface area contributed by atoms with E-state index in [1.165, 1.54) is 24.3 Å². The van der Waals surface area contributed by atoms with Crippen molar-refractivity contribution >= 4 is 40.6 Å². The van der Waals surface area contributed by atoms with E-state index >= 15 is 0 Å². The molecule has 2 aromatic carbocycles. The van der Waals surface area contributed by atoms with Crippen LogP contribution in [0.15, 0.2) is 41.4 Å². The summed E-state index contributed by atoms with van der Waals surface area (Å²) in [6, 6.07) is 7.34. The van der Waals surface area contributed by atoms with Crippen molar-refractivity contribution in [1.29, 1.82) is 0 Å². The number of aliphatic imine (C=N–C) groups is 1. The Labute approximate surface area is 138 Å². The normalized spacial score (nSPS) is 10.7. The molecule has 0 aliphatic rings. The van der Waals surface area contributed by atoms with Gasteiger partial charge < -0.3 is 0 Å². The molecule has 0 aliphatic heterocycles. The van der Waals surface area contributed by atoms with Crippen molar-refractivity contribution < 1.29 is 14.8 Å². The summed E-state index contributed by atoms with van der Waals surface area (Å²) in [5.41, 5.74) is -2.41. The van der Waals surface area contributed by atoms with Crippen LogP contribution >= 0.6 is 11.6 Å². The Kier molecular flexibility index (Phi) is 4.80. The Morgan fingerprint density at radius 2 is 1.38 bits per heavy atom. The quantitative estimate of drug-likeness (QED) is 0.455. The van der Waals surface area contributed by atoms with Crippen LogP contribution in [0.4, 0.5) is 22.7 Å². The highest BCUT2D eigenvalue weighted by molar-refractivity contribution is 6.30. The molecule has 0 unspecified atom stereocenters. The lowest BCUT2D eigenvalue weighted by molar-refractivity contribution is -0.403. The first kappa shape index (κ1) is 17.0. The fourth-order valence-corrected chi connectivity index (χ4v) is 1.94. The van der Waals surface area contributed by atoms with Crippen molar-refractivity contribution in [2.45, 2.75) is 0 Å². The van der Waals surface area contributed by atoms with E-state index in [2.05, 4.69) is 4.99 Å². The van der Waals surface area contributed by atoms with Crippen molar-refractivity contribution in [2.75, 3.05) is 0 Å². The fourth-order valence-electron chi connectivity index (χ4n) is 1.81. The molecule has 0 N–H and O–H groups in total. The molecule has 0 aromatic heterocycles. The van der Waals surface area contributed by atoms with Gasteiger partial charge in [0, 0.05) is 11.2 Å². The molecule has 24 heavy (non-hydrogen) atoms. The van der Waals surface area contributed by atoms with Crippen LogP contribution in [0.2, 0.25) is 5.02 Å². The van der Waals surface area contributed by atoms with Gasteiger partial charge in [-0.1, -0.05) is 11.6 Å². The predicted molar refractivity (Wildman–Crippen MR) is 85.1 cm³/mol. The largest absolute Gasteiger partial charge is 0.291 e. The van der Waals surface area contributed by atoms with Gasteiger partial charge in [0.05, 0.1) is 32.6 Å². The van der Waals surface area contributed by atoms with Gasteiger partial charge in [0.1, 0.15) is 5.56 Å². The molecule has 0 atom stereocenters. The molecule has 0 spiro atoms. The molecular weight excluding hydrogens is 344 g/mol. The molecule has 122 valence electrons. The van der Waals surface area contributed by atoms with Crippen molar-refractivity contribution in [1.82, 2.24) is 0 Å². The number of non-ortho nitro benzene ring substituents is 1. The summed E-state index contributed by atoms with van der Waals surface area (Å²) >= 11 is 5.72. The van der Waals surface area contributed by atoms with Gasteiger partial charge in [0.2, 0.25) is 0 Å². The highest BCUT2D eigenvalue weighted by Gasteiger charge is 2.29. The number of benzene rings is 2. The summed E-state index contributed by atoms with van der Waals surface area (Å²) < 4.78 is 0. The summed E-state index contributed by atoms with van der Waals surface area (Å²) in [5.74, 6) is 0. The topological polar surface area (TPSA) is 142 Å². The molecule has 0 aliphatic carbocycles. The van der Waals surface area contributed by atoms with E-state index < -0.39 is 37.4 Å². The number of rotatable bonds is 5. The van der Waals surface area contributed by atoms with E-state index in [-0.39, 0.29) is 0 Å². The molecule has 0 saturated carbocycles. The van der Waals surface area contributed by atoms with Crippen molar-refractivity contribution in [3.05, 3.63) is 77.3 Å². The monoisotopic (exact) mass is 350 g/mol. The average Bonchev–Trinajstić information content (AvgIpc) is 2.53. The number of nitro groups is 3. The van der Waals surface area contributed by atoms with Crippen molar-refractivity contribution in [2.24, 2.45) is 4.99 Å². The zero-order valence-corrected chi connectivity index (χ0v) is 12.4. The minimum absolute atomic E-state index is 0.348. The summed E-state index contributed by atoms with van der Waals surface area (Å²) in [4.78, 5) is 34.1. The minimum atomic E-state index is -0.944. The zero-order chi connectivity index (χ0) is 17.9. The lowest BCUT2D eigenvalue weighted by Crippen LogP contribution is -2.02. The van der Waals surface area contributed by atoms with E-state index in [1.54, 1.807) is 0 Å². The van der Waals surface area contributed by atoms with E-state index in [4.69, 9.17) is 11.6 Å². The molecule has 0 fully saturated rings. The van der Waals surface area contributed by atoms with Crippen molar-refractivity contribution in [3.63, 3.8) is 0 Å². The van der Waals surface area contributed by atoms with Gasteiger partial charge in [-0.2, -0.15) is 0 Å². The maximum atomic E-state index is 11.1. The highest BCUT2D eigenvalue weighted by Crippen LogP contribution is 2.32. The maximum Gasteiger partial charge on any atom is 0.291 e. The van der Waals surface area contributed by atoms with Gasteiger partial charge in [-0.15, -0.1) is 0 Å². The lowest BCUT2D eigenvalue weighted by atomic mass is 10.1. The van der Waals surface area contributed by atoms with Gasteiger partial charge >= 0.3 is 0 Å². The Morgan fingerprint density at radius 3 is 1.79 bits per heavy atom. The number of hydrogen-bond acceptors (Lipinski definition) is 7. The van der Waals surface area contributed by atoms with Crippen LogP contribution < -0.4 is 0 Å². The van der Waals surface area contributed by atoms with Gasteiger partial charge in [-0.25, -0.2) is 0 Å². The maximum absolute atomic E-state index is 11.1. The second-order valence-corrected chi connectivity index (χ2v) is 4.84. The Morgan fingerprint density at radius 1 is 0.875 bits per heavy atom. The van der Waals surface area contributed by atoms with Crippen LogP contribution in [0.3, 0.4) is 0 Å². The smallest absolute Gasteiger partial charge is 0.258 e. The van der Waals surface area contributed by atoms with Gasteiger partial charge in [0.15, 0.2) is 0 Å². The molecule has 10 nitrogen and oxygen atoms in total. The number of hydrogen-bond donors (Lipinski definition) is 0. The second kappa shape index (κ2) is 6.79. The first-order valence-corrected chi connectivity index (χ1v) is 6.58. The first-order chi connectivity index (χ1) is 11.3.